The molecule has 3 rings (SSSR count). The van der Waals surface area contributed by atoms with Gasteiger partial charge in [-0.25, -0.2) is 19.7 Å². The van der Waals surface area contributed by atoms with Gasteiger partial charge in [-0.15, -0.1) is 24.8 Å². The number of anilines is 3. The van der Waals surface area contributed by atoms with Crippen molar-refractivity contribution in [2.75, 3.05) is 23.8 Å². The van der Waals surface area contributed by atoms with Crippen LogP contribution in [-0.2, 0) is 4.79 Å². The van der Waals surface area contributed by atoms with Crippen molar-refractivity contribution in [2.45, 2.75) is 19.8 Å². The van der Waals surface area contributed by atoms with Crippen LogP contribution in [0, 0.1) is 6.92 Å². The molecule has 3 aromatic rings. The van der Waals surface area contributed by atoms with Crippen LogP contribution in [0.15, 0.2) is 54.9 Å². The second kappa shape index (κ2) is 12.9. The molecule has 10 heteroatoms. The molecule has 0 saturated heterocycles. The van der Waals surface area contributed by atoms with Crippen molar-refractivity contribution in [3.63, 3.8) is 0 Å². The quantitative estimate of drug-likeness (QED) is 0.314. The van der Waals surface area contributed by atoms with E-state index in [1.807, 2.05) is 50.5 Å². The number of nitrogens with one attached hydrogen (secondary N) is 1. The highest BCUT2D eigenvalue weighted by Gasteiger charge is 2.10. The molecule has 0 aromatic carbocycles. The molecule has 0 bridgehead atoms. The topological polar surface area (TPSA) is 91.2 Å². The average molecular weight is 482 g/mol. The number of thiazole rings is 1. The number of carboxylic acids is 1. The first kappa shape index (κ1) is 26.4. The summed E-state index contributed by atoms with van der Waals surface area (Å²) in [6, 6.07) is 9.75. The monoisotopic (exact) mass is 481 g/mol. The van der Waals surface area contributed by atoms with E-state index >= 15 is 0 Å². The summed E-state index contributed by atoms with van der Waals surface area (Å²) in [5.41, 5.74) is 1.98. The minimum absolute atomic E-state index is 0. The highest BCUT2D eigenvalue weighted by atomic mass is 35.5. The van der Waals surface area contributed by atoms with Gasteiger partial charge in [0.1, 0.15) is 11.6 Å². The van der Waals surface area contributed by atoms with Crippen LogP contribution in [0.1, 0.15) is 18.4 Å². The molecule has 7 nitrogen and oxygen atoms in total. The summed E-state index contributed by atoms with van der Waals surface area (Å²) in [7, 11) is 1.98. The van der Waals surface area contributed by atoms with Crippen LogP contribution in [0.4, 0.5) is 16.8 Å². The van der Waals surface area contributed by atoms with Crippen LogP contribution in [-0.4, -0.2) is 39.6 Å². The van der Waals surface area contributed by atoms with Gasteiger partial charge in [0.15, 0.2) is 5.13 Å². The number of aryl methyl sites for hydroxylation is 1. The molecule has 166 valence electrons. The van der Waals surface area contributed by atoms with Gasteiger partial charge in [-0.05, 0) is 49.6 Å². The van der Waals surface area contributed by atoms with E-state index in [4.69, 9.17) is 5.11 Å². The van der Waals surface area contributed by atoms with Crippen LogP contribution < -0.4 is 10.2 Å². The zero-order valence-corrected chi connectivity index (χ0v) is 19.6. The summed E-state index contributed by atoms with van der Waals surface area (Å²) in [5, 5.41) is 12.7. The lowest BCUT2D eigenvalue weighted by molar-refractivity contribution is -0.131. The maximum atomic E-state index is 10.5. The molecule has 0 aliphatic heterocycles. The number of halogens is 2. The Labute approximate surface area is 198 Å². The van der Waals surface area contributed by atoms with Gasteiger partial charge >= 0.3 is 5.97 Å². The van der Waals surface area contributed by atoms with E-state index in [9.17, 15) is 4.79 Å². The third kappa shape index (κ3) is 8.16. The molecule has 31 heavy (non-hydrogen) atoms. The second-order valence-corrected chi connectivity index (χ2v) is 7.57. The Morgan fingerprint density at radius 2 is 2.03 bits per heavy atom. The standard InChI is InChI=1S/C21H23N5O2S.2ClH/c1-15-10-11-22-19(13-15)25-18-8-6-7-16(24-18)17-14-23-21(29-17)26(2)12-5-3-4-9-20(27)28;;/h4,6-11,13-14H,3,5,12H2,1-2H3,(H,27,28)(H,22,24,25);2*1H. The van der Waals surface area contributed by atoms with Gasteiger partial charge < -0.3 is 15.3 Å². The second-order valence-electron chi connectivity index (χ2n) is 6.56. The first-order valence-electron chi connectivity index (χ1n) is 9.25. The maximum Gasteiger partial charge on any atom is 0.327 e. The number of nitrogens with zero attached hydrogens (tertiary/aromatic N) is 4. The number of aliphatic carboxylic acids is 1. The third-order valence-electron chi connectivity index (χ3n) is 4.12. The smallest absolute Gasteiger partial charge is 0.327 e. The summed E-state index contributed by atoms with van der Waals surface area (Å²) in [6.07, 6.45) is 8.03. The minimum Gasteiger partial charge on any atom is -0.478 e. The number of hydrogen-bond donors (Lipinski definition) is 2. The largest absolute Gasteiger partial charge is 0.478 e. The molecule has 0 atom stereocenters. The molecule has 3 heterocycles. The van der Waals surface area contributed by atoms with Crippen molar-refractivity contribution < 1.29 is 9.90 Å². The fraction of sp³-hybridized carbons (Fsp3) is 0.238. The molecule has 0 radical (unpaired) electrons. The van der Waals surface area contributed by atoms with Gasteiger partial charge in [0.25, 0.3) is 0 Å². The van der Waals surface area contributed by atoms with Crippen LogP contribution in [0.2, 0.25) is 0 Å². The highest BCUT2D eigenvalue weighted by molar-refractivity contribution is 7.18. The zero-order valence-electron chi connectivity index (χ0n) is 17.2. The fourth-order valence-electron chi connectivity index (χ4n) is 2.66. The highest BCUT2D eigenvalue weighted by Crippen LogP contribution is 2.30. The Morgan fingerprint density at radius 3 is 2.77 bits per heavy atom. The molecule has 0 unspecified atom stereocenters. The predicted molar refractivity (Wildman–Crippen MR) is 131 cm³/mol. The summed E-state index contributed by atoms with van der Waals surface area (Å²) in [4.78, 5) is 27.0. The number of carboxylic acid groups (broad SMARTS) is 1. The SMILES string of the molecule is Cc1ccnc(Nc2cccc(-c3cnc(N(C)CCCC=CC(=O)O)s3)n2)c1.Cl.Cl. The first-order valence-corrected chi connectivity index (χ1v) is 10.1. The van der Waals surface area contributed by atoms with Gasteiger partial charge in [0.05, 0.1) is 10.6 Å². The molecule has 0 aliphatic rings. The molecule has 3 aromatic heterocycles. The first-order chi connectivity index (χ1) is 14.0. The van der Waals surface area contributed by atoms with Gasteiger partial charge in [0, 0.05) is 32.1 Å². The molecular weight excluding hydrogens is 457 g/mol. The van der Waals surface area contributed by atoms with E-state index in [0.29, 0.717) is 0 Å². The lowest BCUT2D eigenvalue weighted by Gasteiger charge is -2.14. The van der Waals surface area contributed by atoms with E-state index in [0.717, 1.165) is 52.3 Å². The Hall–Kier alpha value is -2.68. The summed E-state index contributed by atoms with van der Waals surface area (Å²) in [5.74, 6) is 0.579. The predicted octanol–water partition coefficient (Wildman–Crippen LogP) is 5.35. The van der Waals surface area contributed by atoms with Crippen molar-refractivity contribution >= 4 is 58.9 Å². The van der Waals surface area contributed by atoms with Crippen LogP contribution >= 0.6 is 36.2 Å². The van der Waals surface area contributed by atoms with E-state index in [2.05, 4.69) is 25.2 Å². The number of rotatable bonds is 9. The van der Waals surface area contributed by atoms with Gasteiger partial charge in [-0.2, -0.15) is 0 Å². The number of carbonyl (C=O) groups is 1. The van der Waals surface area contributed by atoms with Gasteiger partial charge in [-0.1, -0.05) is 23.5 Å². The van der Waals surface area contributed by atoms with E-state index in [1.165, 1.54) is 6.08 Å². The lowest BCUT2D eigenvalue weighted by Crippen LogP contribution is -2.17. The van der Waals surface area contributed by atoms with Crippen LogP contribution in [0.5, 0.6) is 0 Å². The van der Waals surface area contributed by atoms with Gasteiger partial charge in [0.2, 0.25) is 0 Å². The molecule has 0 spiro atoms. The fourth-order valence-corrected chi connectivity index (χ4v) is 3.54. The maximum absolute atomic E-state index is 10.5. The van der Waals surface area contributed by atoms with Crippen molar-refractivity contribution in [2.24, 2.45) is 0 Å². The van der Waals surface area contributed by atoms with Crippen LogP contribution in [0.25, 0.3) is 10.6 Å². The van der Waals surface area contributed by atoms with E-state index < -0.39 is 5.97 Å². The van der Waals surface area contributed by atoms with E-state index in [1.54, 1.807) is 23.6 Å². The Morgan fingerprint density at radius 1 is 1.23 bits per heavy atom. The Balaban J connectivity index is 0.00000240. The molecule has 0 aliphatic carbocycles. The van der Waals surface area contributed by atoms with Crippen molar-refractivity contribution in [3.05, 3.63) is 60.4 Å². The number of hydrogen-bond acceptors (Lipinski definition) is 7. The molecule has 0 fully saturated rings. The summed E-state index contributed by atoms with van der Waals surface area (Å²) in [6.45, 7) is 2.82. The molecular formula is C21H25Cl2N5O2S. The third-order valence-corrected chi connectivity index (χ3v) is 5.25. The number of allylic oxidation sites excluding steroid dienone is 1. The molecule has 0 amide bonds. The van der Waals surface area contributed by atoms with Crippen molar-refractivity contribution in [1.82, 2.24) is 15.0 Å². The average Bonchev–Trinajstić information content (AvgIpc) is 3.18. The van der Waals surface area contributed by atoms with Crippen molar-refractivity contribution in [3.8, 4) is 10.6 Å². The number of unbranched alkanes of at least 4 members (excludes halogenated alkanes) is 1. The lowest BCUT2D eigenvalue weighted by atomic mass is 10.3. The molecule has 0 saturated carbocycles. The number of pyridine rings is 2. The normalized spacial score (nSPS) is 10.3. The van der Waals surface area contributed by atoms with E-state index in [-0.39, 0.29) is 24.8 Å². The van der Waals surface area contributed by atoms with Crippen LogP contribution in [0.3, 0.4) is 0 Å². The number of aromatic nitrogens is 3. The zero-order chi connectivity index (χ0) is 20.6. The summed E-state index contributed by atoms with van der Waals surface area (Å²) < 4.78 is 0. The van der Waals surface area contributed by atoms with Crippen molar-refractivity contribution in [1.29, 1.82) is 0 Å². The summed E-state index contributed by atoms with van der Waals surface area (Å²) >= 11 is 1.58. The minimum atomic E-state index is -0.912. The van der Waals surface area contributed by atoms with Gasteiger partial charge in [-0.3, -0.25) is 0 Å². The Bertz CT molecular complexity index is 1010. The molecule has 2 N–H and O–H groups in total. The Kier molecular flexibility index (Phi) is 11.0.